The van der Waals surface area contributed by atoms with Crippen molar-refractivity contribution in [2.45, 2.75) is 207 Å². The van der Waals surface area contributed by atoms with E-state index in [4.69, 9.17) is 24.4 Å². The maximum atomic E-state index is 12.7. The van der Waals surface area contributed by atoms with Crippen LogP contribution in [0.5, 0.6) is 17.2 Å². The molecule has 3 fully saturated rings. The molecule has 6 rings (SSSR count). The molecule has 0 aliphatic carbocycles. The molecule has 0 radical (unpaired) electrons. The average Bonchev–Trinajstić information content (AvgIpc) is 1.80. The zero-order valence-corrected chi connectivity index (χ0v) is 66.1. The van der Waals surface area contributed by atoms with E-state index in [1.165, 1.54) is 26.2 Å². The number of nitrogens with one attached hydrogen (secondary N) is 6. The number of carbonyl (C=O) groups excluding carboxylic acids is 6. The zero-order chi connectivity index (χ0) is 72.4. The lowest BCUT2D eigenvalue weighted by Gasteiger charge is -2.35. The Labute approximate surface area is 627 Å². The molecule has 3 aromatic rings. The van der Waals surface area contributed by atoms with Crippen LogP contribution in [0, 0.1) is 23.7 Å². The Balaban J connectivity index is 0.00000146. The van der Waals surface area contributed by atoms with Crippen molar-refractivity contribution in [1.29, 1.82) is 0 Å². The molecule has 0 bridgehead atoms. The number of likely N-dealkylation sites (tertiary alicyclic amines) is 3. The highest BCUT2D eigenvalue weighted by atomic mass is 32.1. The minimum absolute atomic E-state index is 0. The van der Waals surface area contributed by atoms with Crippen LogP contribution in [0.2, 0.25) is 0 Å². The van der Waals surface area contributed by atoms with Crippen LogP contribution >= 0.6 is 54.0 Å². The van der Waals surface area contributed by atoms with Gasteiger partial charge in [-0.05, 0) is 182 Å². The van der Waals surface area contributed by atoms with Gasteiger partial charge in [0.05, 0.1) is 0 Å². The van der Waals surface area contributed by atoms with Crippen molar-refractivity contribution in [3.8, 4) is 17.2 Å². The van der Waals surface area contributed by atoms with E-state index >= 15 is 0 Å². The van der Waals surface area contributed by atoms with E-state index in [-0.39, 0.29) is 93.9 Å². The zero-order valence-electron chi connectivity index (χ0n) is 62.1. The van der Waals surface area contributed by atoms with Gasteiger partial charge in [0, 0.05) is 35.9 Å². The van der Waals surface area contributed by atoms with Crippen molar-refractivity contribution >= 4 is 108 Å². The van der Waals surface area contributed by atoms with E-state index in [1.807, 2.05) is 36.4 Å². The van der Waals surface area contributed by atoms with E-state index in [0.29, 0.717) is 17.2 Å². The second-order valence-corrected chi connectivity index (χ2v) is 28.1. The fourth-order valence-corrected chi connectivity index (χ4v) is 13.2. The van der Waals surface area contributed by atoms with Gasteiger partial charge < -0.3 is 76.1 Å². The van der Waals surface area contributed by atoms with Gasteiger partial charge in [-0.3, -0.25) is 24.0 Å². The molecule has 28 heteroatoms. The summed E-state index contributed by atoms with van der Waals surface area (Å²) in [6.45, 7) is 27.6. The second-order valence-electron chi connectivity index (χ2n) is 28.1. The van der Waals surface area contributed by atoms with E-state index in [0.717, 1.165) is 114 Å². The molecular formula is C73H121N9O15S4. The molecule has 6 amide bonds. The summed E-state index contributed by atoms with van der Waals surface area (Å²) in [5, 5.41) is 42.1. The summed E-state index contributed by atoms with van der Waals surface area (Å²) in [7, 11) is 6.44. The number of amides is 6. The van der Waals surface area contributed by atoms with E-state index < -0.39 is 90.7 Å². The molecule has 3 aromatic carbocycles. The van der Waals surface area contributed by atoms with Crippen molar-refractivity contribution in [3.63, 3.8) is 0 Å². The van der Waals surface area contributed by atoms with Gasteiger partial charge in [-0.15, -0.1) is 0 Å². The lowest BCUT2D eigenvalue weighted by molar-refractivity contribution is -0.143. The van der Waals surface area contributed by atoms with Crippen LogP contribution in [0.15, 0.2) is 72.8 Å². The molecule has 0 saturated carbocycles. The summed E-state index contributed by atoms with van der Waals surface area (Å²) in [5.74, 6) is -4.86. The molecule has 8 atom stereocenters. The summed E-state index contributed by atoms with van der Waals surface area (Å²) in [6.07, 6.45) is 11.0. The number of carboxylic acid groups (broad SMARTS) is 3. The standard InChI is InChI=1S/C26H41N3O5.C24H37N3O5.C23H35N3O5.4H2S/c1-7-26(13-8-9-14-29(6)16-26)19-11-10-12-20(15-19)34-25(33)28-21(17(2)3)23(30)27-22(18(4)5)24(31)32;1-6-24(12-7-8-13-27(5)15-24)18-10-9-11-19(14-18)32-23(31)26-20(16(2)3)21(28)25-17(4)22(29)30;1-5-23(11-6-7-12-26(4)15-23)17-9-8-10-18(13-17)31-22(30)25-20(16(2)3)21(29)24-14-19(27)28;;;;/h10-12,15,17-18,21-22H,7-9,13-14,16H2,1-6H3,(H,27,30)(H,28,33)(H,31,32);9-11,14,16-17,20H,6-8,12-13,15H2,1-5H3,(H,25,28)(H,26,31)(H,29,30);8-10,13,16,20H,5-7,11-12,14-15H2,1-4H3,(H,24,29)(H,25,30)(H,27,28);4*1H2/t21-,22-,26?;17-,20-,24?;20-,23?;;;;/m000..../s1. The molecule has 0 spiro atoms. The largest absolute Gasteiger partial charge is 0.480 e. The van der Waals surface area contributed by atoms with Gasteiger partial charge in [-0.1, -0.05) is 132 Å². The van der Waals surface area contributed by atoms with E-state index in [2.05, 4.69) is 107 Å². The fraction of sp³-hybridized carbons (Fsp3) is 0.630. The normalized spacial score (nSPS) is 20.1. The number of hydrogen-bond donors (Lipinski definition) is 9. The summed E-state index contributed by atoms with van der Waals surface area (Å²) >= 11 is 0. The molecular weight excluding hydrogens is 1370 g/mol. The summed E-state index contributed by atoms with van der Waals surface area (Å²) in [5.41, 5.74) is 3.46. The number of carbonyl (C=O) groups is 9. The van der Waals surface area contributed by atoms with Crippen LogP contribution in [0.4, 0.5) is 14.4 Å². The smallest absolute Gasteiger partial charge is 0.413 e. The first-order chi connectivity index (χ1) is 45.7. The molecule has 24 nitrogen and oxygen atoms in total. The lowest BCUT2D eigenvalue weighted by Crippen LogP contribution is -2.55. The van der Waals surface area contributed by atoms with E-state index in [1.54, 1.807) is 73.6 Å². The number of aliphatic carboxylic acids is 3. The highest BCUT2D eigenvalue weighted by Crippen LogP contribution is 2.40. The Morgan fingerprint density at radius 1 is 0.416 bits per heavy atom. The number of nitrogens with zero attached hydrogens (tertiary/aromatic N) is 3. The lowest BCUT2D eigenvalue weighted by atomic mass is 9.74. The number of rotatable bonds is 25. The Morgan fingerprint density at radius 3 is 0.980 bits per heavy atom. The maximum absolute atomic E-state index is 12.7. The second kappa shape index (κ2) is 45.6. The molecule has 3 unspecified atom stereocenters. The van der Waals surface area contributed by atoms with Gasteiger partial charge in [0.1, 0.15) is 54.0 Å². The Hall–Kier alpha value is -6.43. The first-order valence-corrected chi connectivity index (χ1v) is 34.6. The third kappa shape index (κ3) is 29.7. The molecule has 3 aliphatic rings. The van der Waals surface area contributed by atoms with Crippen molar-refractivity contribution in [1.82, 2.24) is 46.6 Å². The number of ether oxygens (including phenoxy) is 3. The fourth-order valence-electron chi connectivity index (χ4n) is 13.2. The predicted octanol–water partition coefficient (Wildman–Crippen LogP) is 10.2. The molecule has 101 heavy (non-hydrogen) atoms. The Kier molecular flexibility index (Phi) is 42.7. The third-order valence-corrected chi connectivity index (χ3v) is 19.1. The van der Waals surface area contributed by atoms with Crippen molar-refractivity contribution in [2.24, 2.45) is 23.7 Å². The number of carboxylic acids is 3. The van der Waals surface area contributed by atoms with Crippen LogP contribution in [0.25, 0.3) is 0 Å². The minimum Gasteiger partial charge on any atom is -0.480 e. The van der Waals surface area contributed by atoms with Gasteiger partial charge in [0.2, 0.25) is 17.7 Å². The first-order valence-electron chi connectivity index (χ1n) is 34.6. The molecule has 0 aromatic heterocycles. The molecule has 3 saturated heterocycles. The average molecular weight is 1490 g/mol. The van der Waals surface area contributed by atoms with Gasteiger partial charge in [0.25, 0.3) is 0 Å². The van der Waals surface area contributed by atoms with Crippen molar-refractivity contribution < 1.29 is 72.7 Å². The van der Waals surface area contributed by atoms with Crippen molar-refractivity contribution in [3.05, 3.63) is 89.5 Å². The number of hydrogen-bond acceptors (Lipinski definition) is 15. The SMILES string of the molecule is CCC1(c2cccc(OC(=O)N[C@H](C(=O)NCC(=O)O)C(C)C)c2)CCCCN(C)C1.CCC1(c2cccc(OC(=O)N[C@H](C(=O)N[C@@H](C)C(=O)O)C(C)C)c2)CCCCN(C)C1.CCC1(c2cccc(OC(=O)N[C@H](C(=O)N[C@H](C(=O)O)C(C)C)C(C)C)c2)CCCCN(C)C1.S.S.S.S. The molecule has 572 valence electrons. The van der Waals surface area contributed by atoms with Crippen LogP contribution in [0.1, 0.15) is 177 Å². The Bertz CT molecular complexity index is 3110. The third-order valence-electron chi connectivity index (χ3n) is 19.1. The maximum Gasteiger partial charge on any atom is 0.413 e. The van der Waals surface area contributed by atoms with Gasteiger partial charge >= 0.3 is 36.2 Å². The number of benzene rings is 3. The number of likely N-dealkylation sites (N-methyl/N-ethyl adjacent to an activating group) is 3. The van der Waals surface area contributed by atoms with Gasteiger partial charge in [0.15, 0.2) is 0 Å². The van der Waals surface area contributed by atoms with E-state index in [9.17, 15) is 48.3 Å². The molecule has 3 aliphatic heterocycles. The quantitative estimate of drug-likeness (QED) is 0.0381. The molecule has 3 heterocycles. The van der Waals surface area contributed by atoms with Gasteiger partial charge in [-0.25, -0.2) is 19.2 Å². The first kappa shape index (κ1) is 94.6. The van der Waals surface area contributed by atoms with Crippen LogP contribution < -0.4 is 46.1 Å². The van der Waals surface area contributed by atoms with Crippen LogP contribution in [0.3, 0.4) is 0 Å². The Morgan fingerprint density at radius 2 is 0.713 bits per heavy atom. The van der Waals surface area contributed by atoms with Gasteiger partial charge in [-0.2, -0.15) is 54.0 Å². The topological polar surface area (TPSA) is 324 Å². The summed E-state index contributed by atoms with van der Waals surface area (Å²) in [4.78, 5) is 115. The van der Waals surface area contributed by atoms with Crippen LogP contribution in [-0.4, -0.2) is 181 Å². The summed E-state index contributed by atoms with van der Waals surface area (Å²) in [6, 6.07) is 18.1. The minimum atomic E-state index is -1.15. The summed E-state index contributed by atoms with van der Waals surface area (Å²) < 4.78 is 16.6. The predicted molar refractivity (Wildman–Crippen MR) is 414 cm³/mol. The molecule has 9 N–H and O–H groups in total. The van der Waals surface area contributed by atoms with Crippen molar-refractivity contribution in [2.75, 3.05) is 67.0 Å². The highest BCUT2D eigenvalue weighted by Gasteiger charge is 2.38. The highest BCUT2D eigenvalue weighted by molar-refractivity contribution is 7.59. The van der Waals surface area contributed by atoms with Crippen LogP contribution in [-0.2, 0) is 45.0 Å². The monoisotopic (exact) mass is 1490 g/mol.